The monoisotopic (exact) mass is 494 g/mol. The molecule has 12 heteroatoms. The highest BCUT2D eigenvalue weighted by atomic mass is 32.1. The molecule has 178 valence electrons. The Hall–Kier alpha value is -3.56. The van der Waals surface area contributed by atoms with Crippen LogP contribution >= 0.6 is 12.2 Å². The lowest BCUT2D eigenvalue weighted by molar-refractivity contribution is -0.137. The lowest BCUT2D eigenvalue weighted by atomic mass is 10.00. The number of nitrogens with zero attached hydrogens (tertiary/aromatic N) is 3. The van der Waals surface area contributed by atoms with Gasteiger partial charge in [-0.25, -0.2) is 4.39 Å². The van der Waals surface area contributed by atoms with Crippen molar-refractivity contribution in [1.29, 1.82) is 5.26 Å². The molecular formula is C22H18F4N4O3S. The van der Waals surface area contributed by atoms with Gasteiger partial charge >= 0.3 is 6.18 Å². The molecule has 0 bridgehead atoms. The van der Waals surface area contributed by atoms with E-state index in [0.29, 0.717) is 6.07 Å². The number of benzene rings is 2. The molecular weight excluding hydrogens is 476 g/mol. The average molecular weight is 494 g/mol. The van der Waals surface area contributed by atoms with E-state index in [0.717, 1.165) is 17.0 Å². The summed E-state index contributed by atoms with van der Waals surface area (Å²) in [5.74, 6) is -2.27. The molecule has 1 heterocycles. The minimum Gasteiger partial charge on any atom is -0.382 e. The van der Waals surface area contributed by atoms with Crippen molar-refractivity contribution in [3.8, 4) is 6.07 Å². The van der Waals surface area contributed by atoms with E-state index < -0.39 is 40.5 Å². The summed E-state index contributed by atoms with van der Waals surface area (Å²) in [5, 5.41) is 11.1. The SMILES string of the molecule is CNC(=O)c1ccc(N2C(=S)N(c3ccc(C#N)c(C(F)(F)F)c3)C(=O)C2(C)COC)cc1F. The van der Waals surface area contributed by atoms with Crippen molar-refractivity contribution in [2.24, 2.45) is 0 Å². The first-order valence-corrected chi connectivity index (χ1v) is 10.1. The third-order valence-corrected chi connectivity index (χ3v) is 5.70. The Kier molecular flexibility index (Phi) is 6.64. The van der Waals surface area contributed by atoms with Crippen LogP contribution in [0.25, 0.3) is 0 Å². The summed E-state index contributed by atoms with van der Waals surface area (Å²) in [5.41, 5.74) is -3.74. The van der Waals surface area contributed by atoms with E-state index in [9.17, 15) is 27.2 Å². The van der Waals surface area contributed by atoms with Crippen LogP contribution in [0.2, 0.25) is 0 Å². The summed E-state index contributed by atoms with van der Waals surface area (Å²) < 4.78 is 60.3. The molecule has 1 saturated heterocycles. The summed E-state index contributed by atoms with van der Waals surface area (Å²) in [6.45, 7) is 1.22. The standard InChI is InChI=1S/C22H18F4N4O3S/c1-21(11-33-3)19(32)29(13-5-4-12(10-27)16(8-13)22(24,25)26)20(34)30(21)14-6-7-15(17(23)9-14)18(31)28-2/h4-9H,11H2,1-3H3,(H,28,31). The van der Waals surface area contributed by atoms with Gasteiger partial charge in [-0.05, 0) is 55.5 Å². The average Bonchev–Trinajstić information content (AvgIpc) is 2.97. The minimum atomic E-state index is -4.85. The maximum absolute atomic E-state index is 14.7. The molecule has 1 N–H and O–H groups in total. The number of nitriles is 1. The molecule has 1 unspecified atom stereocenters. The number of thiocarbonyl (C=S) groups is 1. The first kappa shape index (κ1) is 25.1. The fourth-order valence-corrected chi connectivity index (χ4v) is 4.23. The Morgan fingerprint density at radius 2 is 1.88 bits per heavy atom. The van der Waals surface area contributed by atoms with Gasteiger partial charge in [-0.3, -0.25) is 14.5 Å². The van der Waals surface area contributed by atoms with Crippen LogP contribution in [-0.2, 0) is 15.7 Å². The lowest BCUT2D eigenvalue weighted by Gasteiger charge is -2.32. The summed E-state index contributed by atoms with van der Waals surface area (Å²) in [6, 6.07) is 7.83. The second-order valence-electron chi connectivity index (χ2n) is 7.55. The highest BCUT2D eigenvalue weighted by molar-refractivity contribution is 7.81. The van der Waals surface area contributed by atoms with Crippen molar-refractivity contribution in [3.63, 3.8) is 0 Å². The molecule has 1 aliphatic rings. The number of hydrogen-bond donors (Lipinski definition) is 1. The Balaban J connectivity index is 2.16. The summed E-state index contributed by atoms with van der Waals surface area (Å²) >= 11 is 5.44. The van der Waals surface area contributed by atoms with Gasteiger partial charge in [-0.2, -0.15) is 18.4 Å². The number of alkyl halides is 3. The highest BCUT2D eigenvalue weighted by Crippen LogP contribution is 2.40. The highest BCUT2D eigenvalue weighted by Gasteiger charge is 2.54. The molecule has 7 nitrogen and oxygen atoms in total. The fourth-order valence-electron chi connectivity index (χ4n) is 3.73. The molecule has 2 aromatic rings. The van der Waals surface area contributed by atoms with Crippen molar-refractivity contribution in [2.45, 2.75) is 18.6 Å². The zero-order chi connectivity index (χ0) is 25.4. The van der Waals surface area contributed by atoms with Crippen molar-refractivity contribution in [2.75, 3.05) is 30.6 Å². The van der Waals surface area contributed by atoms with Crippen LogP contribution in [0, 0.1) is 17.1 Å². The largest absolute Gasteiger partial charge is 0.417 e. The number of methoxy groups -OCH3 is 1. The van der Waals surface area contributed by atoms with Crippen LogP contribution in [-0.4, -0.2) is 43.2 Å². The third kappa shape index (κ3) is 4.08. The molecule has 1 fully saturated rings. The summed E-state index contributed by atoms with van der Waals surface area (Å²) in [4.78, 5) is 27.4. The molecule has 0 saturated carbocycles. The first-order valence-electron chi connectivity index (χ1n) is 9.71. The fraction of sp³-hybridized carbons (Fsp3) is 0.273. The van der Waals surface area contributed by atoms with Gasteiger partial charge in [-0.1, -0.05) is 0 Å². The molecule has 0 aliphatic carbocycles. The topological polar surface area (TPSA) is 85.7 Å². The van der Waals surface area contributed by atoms with Gasteiger partial charge in [0.25, 0.3) is 11.8 Å². The van der Waals surface area contributed by atoms with Crippen LogP contribution in [0.15, 0.2) is 36.4 Å². The van der Waals surface area contributed by atoms with Gasteiger partial charge in [0.1, 0.15) is 11.4 Å². The number of rotatable bonds is 5. The maximum atomic E-state index is 14.7. The normalized spacial score (nSPS) is 18.3. The zero-order valence-electron chi connectivity index (χ0n) is 18.2. The number of nitrogens with one attached hydrogen (secondary N) is 1. The third-order valence-electron chi connectivity index (χ3n) is 5.34. The Bertz CT molecular complexity index is 1230. The number of hydrogen-bond acceptors (Lipinski definition) is 5. The van der Waals surface area contributed by atoms with Gasteiger partial charge in [-0.15, -0.1) is 0 Å². The lowest BCUT2D eigenvalue weighted by Crippen LogP contribution is -2.51. The van der Waals surface area contributed by atoms with E-state index in [2.05, 4.69) is 5.32 Å². The van der Waals surface area contributed by atoms with Gasteiger partial charge in [0.15, 0.2) is 5.11 Å². The van der Waals surface area contributed by atoms with Crippen LogP contribution in [0.5, 0.6) is 0 Å². The second-order valence-corrected chi connectivity index (χ2v) is 7.91. The smallest absolute Gasteiger partial charge is 0.382 e. The number of halogens is 4. The Labute approximate surface area is 197 Å². The van der Waals surface area contributed by atoms with Gasteiger partial charge in [0.05, 0.1) is 35.1 Å². The number of carbonyl (C=O) groups is 2. The van der Waals surface area contributed by atoms with E-state index >= 15 is 0 Å². The Morgan fingerprint density at radius 3 is 2.41 bits per heavy atom. The molecule has 0 aromatic heterocycles. The number of amides is 2. The van der Waals surface area contributed by atoms with Crippen molar-refractivity contribution < 1.29 is 31.9 Å². The molecule has 0 radical (unpaired) electrons. The van der Waals surface area contributed by atoms with E-state index in [1.54, 1.807) is 0 Å². The number of carbonyl (C=O) groups excluding carboxylic acids is 2. The molecule has 1 atom stereocenters. The zero-order valence-corrected chi connectivity index (χ0v) is 19.0. The van der Waals surface area contributed by atoms with E-state index in [1.165, 1.54) is 50.2 Å². The van der Waals surface area contributed by atoms with Gasteiger partial charge in [0.2, 0.25) is 0 Å². The number of anilines is 2. The predicted molar refractivity (Wildman–Crippen MR) is 119 cm³/mol. The van der Waals surface area contributed by atoms with E-state index in [-0.39, 0.29) is 28.7 Å². The maximum Gasteiger partial charge on any atom is 0.417 e. The van der Waals surface area contributed by atoms with Gasteiger partial charge < -0.3 is 15.0 Å². The molecule has 34 heavy (non-hydrogen) atoms. The van der Waals surface area contributed by atoms with Crippen molar-refractivity contribution in [1.82, 2.24) is 5.32 Å². The molecule has 2 aromatic carbocycles. The first-order chi connectivity index (χ1) is 15.9. The molecule has 0 spiro atoms. The molecule has 2 amide bonds. The van der Waals surface area contributed by atoms with Gasteiger partial charge in [0, 0.05) is 19.8 Å². The summed E-state index contributed by atoms with van der Waals surface area (Å²) in [6.07, 6.45) is -4.85. The van der Waals surface area contributed by atoms with E-state index in [1.807, 2.05) is 0 Å². The van der Waals surface area contributed by atoms with Crippen molar-refractivity contribution in [3.05, 3.63) is 58.9 Å². The van der Waals surface area contributed by atoms with Crippen LogP contribution < -0.4 is 15.1 Å². The molecule has 3 rings (SSSR count). The molecule has 1 aliphatic heterocycles. The van der Waals surface area contributed by atoms with Crippen LogP contribution in [0.4, 0.5) is 28.9 Å². The second kappa shape index (κ2) is 9.00. The van der Waals surface area contributed by atoms with Crippen LogP contribution in [0.1, 0.15) is 28.4 Å². The number of ether oxygens (including phenoxy) is 1. The quantitative estimate of drug-likeness (QED) is 0.505. The van der Waals surface area contributed by atoms with Crippen LogP contribution in [0.3, 0.4) is 0 Å². The van der Waals surface area contributed by atoms with E-state index in [4.69, 9.17) is 22.2 Å². The minimum absolute atomic E-state index is 0.0928. The predicted octanol–water partition coefficient (Wildman–Crippen LogP) is 3.62. The summed E-state index contributed by atoms with van der Waals surface area (Å²) in [7, 11) is 2.66. The Morgan fingerprint density at radius 1 is 1.24 bits per heavy atom. The van der Waals surface area contributed by atoms with Crippen molar-refractivity contribution >= 4 is 40.5 Å².